The lowest BCUT2D eigenvalue weighted by atomic mass is 10.2. The predicted octanol–water partition coefficient (Wildman–Crippen LogP) is 6.81. The van der Waals surface area contributed by atoms with Gasteiger partial charge >= 0.3 is 22.5 Å². The minimum absolute atomic E-state index is 0.0529. The van der Waals surface area contributed by atoms with Crippen molar-refractivity contribution in [3.63, 3.8) is 0 Å². The van der Waals surface area contributed by atoms with E-state index in [9.17, 15) is 29.4 Å². The van der Waals surface area contributed by atoms with Crippen molar-refractivity contribution < 1.29 is 46.8 Å². The van der Waals surface area contributed by atoms with E-state index in [1.807, 2.05) is 0 Å². The van der Waals surface area contributed by atoms with Crippen molar-refractivity contribution in [2.75, 3.05) is 14.2 Å². The molecule has 14 heteroatoms. The van der Waals surface area contributed by atoms with Crippen LogP contribution in [0.4, 0.5) is 0 Å². The highest BCUT2D eigenvalue weighted by molar-refractivity contribution is 5.83. The van der Waals surface area contributed by atoms with Crippen molar-refractivity contribution in [1.29, 1.82) is 0 Å². The summed E-state index contributed by atoms with van der Waals surface area (Å²) in [7, 11) is 2.83. The summed E-state index contributed by atoms with van der Waals surface area (Å²) >= 11 is 0. The summed E-state index contributed by atoms with van der Waals surface area (Å²) in [5, 5.41) is 22.0. The number of rotatable bonds is 6. The molecular formula is C38H24O14. The number of hydrogen-bond donors (Lipinski definition) is 2. The molecule has 0 spiro atoms. The molecule has 0 fully saturated rings. The van der Waals surface area contributed by atoms with E-state index in [-0.39, 0.29) is 45.7 Å². The molecule has 4 aromatic carbocycles. The third-order valence-corrected chi connectivity index (χ3v) is 7.65. The zero-order chi connectivity index (χ0) is 36.5. The van der Waals surface area contributed by atoms with Gasteiger partial charge in [0.15, 0.2) is 23.0 Å². The van der Waals surface area contributed by atoms with E-state index in [1.54, 1.807) is 36.4 Å². The van der Waals surface area contributed by atoms with Crippen molar-refractivity contribution in [1.82, 2.24) is 0 Å². The van der Waals surface area contributed by atoms with E-state index >= 15 is 0 Å². The average Bonchev–Trinajstić information content (AvgIpc) is 3.12. The third kappa shape index (κ3) is 6.71. The average molecular weight is 705 g/mol. The van der Waals surface area contributed by atoms with Gasteiger partial charge in [-0.2, -0.15) is 0 Å². The van der Waals surface area contributed by atoms with Crippen LogP contribution in [0.5, 0.6) is 46.0 Å². The standard InChI is InChI=1S/2C19H12O7/c2*1-23-16-6-11-7-17(19(22)26-15(11)9-13(16)20)24-12-4-2-10-3-5-18(21)25-14(10)8-12/h2*2-9,20H,1H3. The van der Waals surface area contributed by atoms with Crippen LogP contribution in [-0.2, 0) is 0 Å². The van der Waals surface area contributed by atoms with Crippen molar-refractivity contribution in [3.8, 4) is 46.0 Å². The number of benzene rings is 4. The highest BCUT2D eigenvalue weighted by Crippen LogP contribution is 2.34. The fraction of sp³-hybridized carbons (Fsp3) is 0.0526. The van der Waals surface area contributed by atoms with E-state index in [1.165, 1.54) is 74.9 Å². The van der Waals surface area contributed by atoms with Crippen molar-refractivity contribution >= 4 is 43.9 Å². The fourth-order valence-electron chi connectivity index (χ4n) is 5.17. The molecule has 8 rings (SSSR count). The van der Waals surface area contributed by atoms with E-state index in [4.69, 9.17) is 36.6 Å². The monoisotopic (exact) mass is 704 g/mol. The molecule has 2 N–H and O–H groups in total. The summed E-state index contributed by atoms with van der Waals surface area (Å²) in [6.07, 6.45) is 0. The first-order chi connectivity index (χ1) is 25.1. The summed E-state index contributed by atoms with van der Waals surface area (Å²) in [6, 6.07) is 24.2. The van der Waals surface area contributed by atoms with Crippen LogP contribution in [0.2, 0.25) is 0 Å². The van der Waals surface area contributed by atoms with E-state index in [0.29, 0.717) is 33.4 Å². The number of fused-ring (bicyclic) bond motifs is 4. The molecule has 52 heavy (non-hydrogen) atoms. The summed E-state index contributed by atoms with van der Waals surface area (Å²) in [5.74, 6) is 0.719. The Labute approximate surface area is 289 Å². The zero-order valence-corrected chi connectivity index (χ0v) is 27.0. The Morgan fingerprint density at radius 2 is 0.788 bits per heavy atom. The van der Waals surface area contributed by atoms with Crippen LogP contribution >= 0.6 is 0 Å². The number of methoxy groups -OCH3 is 2. The lowest BCUT2D eigenvalue weighted by Gasteiger charge is -2.08. The van der Waals surface area contributed by atoms with Crippen LogP contribution in [0.25, 0.3) is 43.9 Å². The highest BCUT2D eigenvalue weighted by atomic mass is 16.5. The minimum atomic E-state index is -0.711. The second kappa shape index (κ2) is 13.4. The van der Waals surface area contributed by atoms with E-state index < -0.39 is 22.5 Å². The molecule has 0 aliphatic heterocycles. The first-order valence-corrected chi connectivity index (χ1v) is 15.2. The SMILES string of the molecule is COc1cc2cc(Oc3ccc4ccc(=O)oc4c3)c(=O)oc2cc1O.COc1cc2cc(Oc3ccc4ccc(=O)oc4c3)c(=O)oc2cc1O. The number of ether oxygens (including phenoxy) is 4. The molecule has 0 saturated carbocycles. The lowest BCUT2D eigenvalue weighted by Crippen LogP contribution is -2.03. The Kier molecular flexibility index (Phi) is 8.54. The highest BCUT2D eigenvalue weighted by Gasteiger charge is 2.14. The van der Waals surface area contributed by atoms with Gasteiger partial charge in [0.05, 0.1) is 14.2 Å². The van der Waals surface area contributed by atoms with Gasteiger partial charge in [-0.25, -0.2) is 19.2 Å². The molecule has 0 saturated heterocycles. The van der Waals surface area contributed by atoms with Crippen LogP contribution in [-0.4, -0.2) is 24.4 Å². The maximum absolute atomic E-state index is 12.1. The number of phenolic OH excluding ortho intramolecular Hbond substituents is 2. The van der Waals surface area contributed by atoms with Gasteiger partial charge < -0.3 is 46.8 Å². The Morgan fingerprint density at radius 1 is 0.423 bits per heavy atom. The molecule has 4 aromatic heterocycles. The summed E-state index contributed by atoms with van der Waals surface area (Å²) in [6.45, 7) is 0. The zero-order valence-electron chi connectivity index (χ0n) is 27.0. The van der Waals surface area contributed by atoms with Crippen LogP contribution in [0, 0.1) is 0 Å². The molecule has 0 atom stereocenters. The molecule has 14 nitrogen and oxygen atoms in total. The minimum Gasteiger partial charge on any atom is -0.504 e. The van der Waals surface area contributed by atoms with Crippen LogP contribution in [0.3, 0.4) is 0 Å². The molecule has 0 bridgehead atoms. The van der Waals surface area contributed by atoms with Crippen molar-refractivity contribution in [2.45, 2.75) is 0 Å². The van der Waals surface area contributed by atoms with Gasteiger partial charge in [-0.15, -0.1) is 0 Å². The summed E-state index contributed by atoms with van der Waals surface area (Å²) in [5.41, 5.74) is -1.30. The molecule has 0 unspecified atom stereocenters. The molecule has 4 heterocycles. The van der Waals surface area contributed by atoms with Gasteiger partial charge in [-0.05, 0) is 60.7 Å². The number of phenols is 2. The molecule has 260 valence electrons. The molecule has 8 aromatic rings. The largest absolute Gasteiger partial charge is 0.504 e. The lowest BCUT2D eigenvalue weighted by molar-refractivity contribution is 0.373. The molecular weight excluding hydrogens is 680 g/mol. The van der Waals surface area contributed by atoms with Gasteiger partial charge in [0.2, 0.25) is 11.5 Å². The van der Waals surface area contributed by atoms with Gasteiger partial charge in [0.1, 0.15) is 33.8 Å². The Morgan fingerprint density at radius 3 is 1.19 bits per heavy atom. The summed E-state index contributed by atoms with van der Waals surface area (Å²) in [4.78, 5) is 47.0. The van der Waals surface area contributed by atoms with Crippen molar-refractivity contribution in [2.24, 2.45) is 0 Å². The first-order valence-electron chi connectivity index (χ1n) is 15.2. The predicted molar refractivity (Wildman–Crippen MR) is 187 cm³/mol. The van der Waals surface area contributed by atoms with Crippen molar-refractivity contribution in [3.05, 3.63) is 139 Å². The van der Waals surface area contributed by atoms with Gasteiger partial charge in [-0.3, -0.25) is 0 Å². The quantitative estimate of drug-likeness (QED) is 0.171. The Hall–Kier alpha value is -7.48. The molecule has 0 aliphatic carbocycles. The van der Waals surface area contributed by atoms with Crippen LogP contribution in [0.1, 0.15) is 0 Å². The second-order valence-corrected chi connectivity index (χ2v) is 11.0. The number of aromatic hydroxyl groups is 2. The van der Waals surface area contributed by atoms with E-state index in [2.05, 4.69) is 0 Å². The van der Waals surface area contributed by atoms with Crippen LogP contribution < -0.4 is 41.4 Å². The first kappa shape index (κ1) is 33.0. The Balaban J connectivity index is 0.000000162. The molecule has 0 aliphatic rings. The van der Waals surface area contributed by atoms with Gasteiger partial charge in [0, 0.05) is 57.9 Å². The Bertz CT molecular complexity index is 2700. The topological polar surface area (TPSA) is 198 Å². The molecule has 0 radical (unpaired) electrons. The van der Waals surface area contributed by atoms with Crippen LogP contribution in [0.15, 0.2) is 134 Å². The van der Waals surface area contributed by atoms with E-state index in [0.717, 1.165) is 10.8 Å². The number of hydrogen-bond acceptors (Lipinski definition) is 14. The smallest absolute Gasteiger partial charge is 0.379 e. The van der Waals surface area contributed by atoms with Gasteiger partial charge in [0.25, 0.3) is 0 Å². The third-order valence-electron chi connectivity index (χ3n) is 7.65. The maximum atomic E-state index is 12.1. The summed E-state index contributed by atoms with van der Waals surface area (Å²) < 4.78 is 41.9. The normalized spacial score (nSPS) is 11.0. The molecule has 0 amide bonds. The van der Waals surface area contributed by atoms with Gasteiger partial charge in [-0.1, -0.05) is 0 Å². The fourth-order valence-corrected chi connectivity index (χ4v) is 5.17. The second-order valence-electron chi connectivity index (χ2n) is 11.0. The maximum Gasteiger partial charge on any atom is 0.379 e.